The summed E-state index contributed by atoms with van der Waals surface area (Å²) in [5.41, 5.74) is 0.888. The zero-order chi connectivity index (χ0) is 18.7. The van der Waals surface area contributed by atoms with Crippen LogP contribution in [-0.2, 0) is 0 Å². The summed E-state index contributed by atoms with van der Waals surface area (Å²) in [4.78, 5) is 14.9. The highest BCUT2D eigenvalue weighted by molar-refractivity contribution is 6.32. The van der Waals surface area contributed by atoms with Crippen molar-refractivity contribution in [2.75, 3.05) is 19.6 Å². The number of benzene rings is 1. The Morgan fingerprint density at radius 3 is 2.88 bits per heavy atom. The van der Waals surface area contributed by atoms with E-state index in [0.29, 0.717) is 23.2 Å². The van der Waals surface area contributed by atoms with Crippen LogP contribution in [0.1, 0.15) is 44.1 Å². The number of piperidine rings is 1. The van der Waals surface area contributed by atoms with Crippen molar-refractivity contribution in [3.05, 3.63) is 41.2 Å². The molecule has 1 fully saturated rings. The molecule has 3 rings (SSSR count). The van der Waals surface area contributed by atoms with Crippen molar-refractivity contribution in [1.29, 1.82) is 0 Å². The van der Waals surface area contributed by atoms with Crippen LogP contribution in [0.5, 0.6) is 0 Å². The van der Waals surface area contributed by atoms with Crippen molar-refractivity contribution in [3.8, 4) is 5.69 Å². The third-order valence-electron chi connectivity index (χ3n) is 5.02. The van der Waals surface area contributed by atoms with Crippen molar-refractivity contribution < 1.29 is 4.79 Å². The van der Waals surface area contributed by atoms with Gasteiger partial charge in [-0.15, -0.1) is 5.10 Å². The number of likely N-dealkylation sites (tertiary alicyclic amines) is 1. The van der Waals surface area contributed by atoms with E-state index < -0.39 is 0 Å². The molecule has 0 radical (unpaired) electrons. The lowest BCUT2D eigenvalue weighted by molar-refractivity contribution is 0.0656. The first-order chi connectivity index (χ1) is 12.4. The Bertz CT molecular complexity index is 773. The molecule has 1 unspecified atom stereocenters. The molecule has 1 aromatic carbocycles. The summed E-state index contributed by atoms with van der Waals surface area (Å²) in [6, 6.07) is 7.32. The zero-order valence-electron chi connectivity index (χ0n) is 15.6. The number of carbonyl (C=O) groups is 1. The molecule has 7 heteroatoms. The summed E-state index contributed by atoms with van der Waals surface area (Å²) in [5, 5.41) is 11.6. The lowest BCUT2D eigenvalue weighted by Gasteiger charge is -2.43. The molecule has 6 nitrogen and oxygen atoms in total. The van der Waals surface area contributed by atoms with Crippen molar-refractivity contribution in [3.63, 3.8) is 0 Å². The fourth-order valence-corrected chi connectivity index (χ4v) is 3.58. The molecule has 0 aliphatic carbocycles. The number of nitrogens with zero attached hydrogens (tertiary/aromatic N) is 4. The van der Waals surface area contributed by atoms with E-state index in [1.165, 1.54) is 17.5 Å². The summed E-state index contributed by atoms with van der Waals surface area (Å²) in [7, 11) is 0. The quantitative estimate of drug-likeness (QED) is 0.871. The second-order valence-corrected chi connectivity index (χ2v) is 8.10. The van der Waals surface area contributed by atoms with Gasteiger partial charge in [0.25, 0.3) is 5.91 Å². The van der Waals surface area contributed by atoms with Gasteiger partial charge in [0.05, 0.1) is 16.9 Å². The minimum Gasteiger partial charge on any atom is -0.349 e. The van der Waals surface area contributed by atoms with E-state index in [-0.39, 0.29) is 17.1 Å². The number of para-hydroxylation sites is 1. The molecular weight excluding hydrogens is 350 g/mol. The Labute approximate surface area is 159 Å². The van der Waals surface area contributed by atoms with Crippen molar-refractivity contribution in [2.45, 2.75) is 39.2 Å². The van der Waals surface area contributed by atoms with Crippen LogP contribution < -0.4 is 5.32 Å². The molecule has 1 atom stereocenters. The Kier molecular flexibility index (Phi) is 5.63. The number of rotatable bonds is 5. The van der Waals surface area contributed by atoms with E-state index in [1.54, 1.807) is 12.3 Å². The Morgan fingerprint density at radius 2 is 2.15 bits per heavy atom. The molecule has 0 bridgehead atoms. The van der Waals surface area contributed by atoms with Gasteiger partial charge in [-0.2, -0.15) is 0 Å². The molecule has 0 spiro atoms. The molecule has 0 saturated carbocycles. The molecule has 2 aromatic rings. The first-order valence-corrected chi connectivity index (χ1v) is 9.45. The minimum absolute atomic E-state index is 0.0942. The van der Waals surface area contributed by atoms with Crippen LogP contribution in [0, 0.1) is 5.92 Å². The zero-order valence-corrected chi connectivity index (χ0v) is 16.3. The Hall–Kier alpha value is -1.92. The number of amides is 1. The topological polar surface area (TPSA) is 63.1 Å². The van der Waals surface area contributed by atoms with Crippen LogP contribution in [-0.4, -0.2) is 51.0 Å². The lowest BCUT2D eigenvalue weighted by atomic mass is 9.93. The predicted octanol–water partition coefficient (Wildman–Crippen LogP) is 3.16. The third-order valence-corrected chi connectivity index (χ3v) is 5.34. The predicted molar refractivity (Wildman–Crippen MR) is 103 cm³/mol. The lowest BCUT2D eigenvalue weighted by Crippen LogP contribution is -2.54. The highest BCUT2D eigenvalue weighted by atomic mass is 35.5. The van der Waals surface area contributed by atoms with E-state index in [4.69, 9.17) is 11.6 Å². The molecule has 1 aliphatic heterocycles. The van der Waals surface area contributed by atoms with Crippen molar-refractivity contribution in [2.24, 2.45) is 5.92 Å². The summed E-state index contributed by atoms with van der Waals surface area (Å²) < 4.78 is 1.52. The molecular formula is C19H26ClN5O. The number of carbonyl (C=O) groups excluding carboxylic acids is 1. The SMILES string of the molecule is CC1CCCN(C(C)(C)CNC(=O)c2cn(-c3ccccc3Cl)nn2)C1. The summed E-state index contributed by atoms with van der Waals surface area (Å²) in [5.74, 6) is 0.482. The van der Waals surface area contributed by atoms with E-state index in [2.05, 4.69) is 41.3 Å². The van der Waals surface area contributed by atoms with Gasteiger partial charge in [-0.1, -0.05) is 35.9 Å². The van der Waals surface area contributed by atoms with E-state index in [0.717, 1.165) is 13.1 Å². The van der Waals surface area contributed by atoms with Gasteiger partial charge < -0.3 is 5.32 Å². The van der Waals surface area contributed by atoms with Crippen LogP contribution in [0.2, 0.25) is 5.02 Å². The van der Waals surface area contributed by atoms with E-state index >= 15 is 0 Å². The second kappa shape index (κ2) is 7.76. The van der Waals surface area contributed by atoms with Gasteiger partial charge in [0, 0.05) is 18.6 Å². The summed E-state index contributed by atoms with van der Waals surface area (Å²) in [6.07, 6.45) is 4.10. The fourth-order valence-electron chi connectivity index (χ4n) is 3.36. The average molecular weight is 376 g/mol. The van der Waals surface area contributed by atoms with Crippen LogP contribution in [0.4, 0.5) is 0 Å². The number of aromatic nitrogens is 3. The normalized spacial score (nSPS) is 18.7. The molecule has 1 aromatic heterocycles. The molecule has 1 amide bonds. The van der Waals surface area contributed by atoms with Gasteiger partial charge in [0.15, 0.2) is 5.69 Å². The number of halogens is 1. The van der Waals surface area contributed by atoms with E-state index in [9.17, 15) is 4.79 Å². The monoisotopic (exact) mass is 375 g/mol. The Morgan fingerprint density at radius 1 is 1.38 bits per heavy atom. The van der Waals surface area contributed by atoms with Gasteiger partial charge in [0.2, 0.25) is 0 Å². The molecule has 1 aliphatic rings. The van der Waals surface area contributed by atoms with Gasteiger partial charge >= 0.3 is 0 Å². The molecule has 26 heavy (non-hydrogen) atoms. The van der Waals surface area contributed by atoms with E-state index in [1.807, 2.05) is 18.2 Å². The molecule has 1 saturated heterocycles. The molecule has 1 N–H and O–H groups in total. The number of nitrogens with one attached hydrogen (secondary N) is 1. The van der Waals surface area contributed by atoms with Gasteiger partial charge in [-0.05, 0) is 51.3 Å². The summed E-state index contributed by atoms with van der Waals surface area (Å²) >= 11 is 6.17. The van der Waals surface area contributed by atoms with Crippen LogP contribution >= 0.6 is 11.6 Å². The average Bonchev–Trinajstić information content (AvgIpc) is 3.10. The highest BCUT2D eigenvalue weighted by Gasteiger charge is 2.30. The first kappa shape index (κ1) is 18.9. The summed E-state index contributed by atoms with van der Waals surface area (Å²) in [6.45, 7) is 9.35. The van der Waals surface area contributed by atoms with Crippen LogP contribution in [0.15, 0.2) is 30.5 Å². The highest BCUT2D eigenvalue weighted by Crippen LogP contribution is 2.23. The minimum atomic E-state index is -0.221. The van der Waals surface area contributed by atoms with Crippen LogP contribution in [0.25, 0.3) is 5.69 Å². The van der Waals surface area contributed by atoms with Crippen LogP contribution in [0.3, 0.4) is 0 Å². The van der Waals surface area contributed by atoms with Gasteiger partial charge in [-0.25, -0.2) is 4.68 Å². The van der Waals surface area contributed by atoms with Gasteiger partial charge in [-0.3, -0.25) is 9.69 Å². The molecule has 2 heterocycles. The van der Waals surface area contributed by atoms with Crippen molar-refractivity contribution >= 4 is 17.5 Å². The fraction of sp³-hybridized carbons (Fsp3) is 0.526. The standard InChI is InChI=1S/C19H26ClN5O/c1-14-7-6-10-24(11-14)19(2,3)13-21-18(26)16-12-25(23-22-16)17-9-5-4-8-15(17)20/h4-5,8-9,12,14H,6-7,10-11,13H2,1-3H3,(H,21,26). The second-order valence-electron chi connectivity index (χ2n) is 7.69. The van der Waals surface area contributed by atoms with Gasteiger partial charge in [0.1, 0.15) is 0 Å². The largest absolute Gasteiger partial charge is 0.349 e. The molecule has 140 valence electrons. The smallest absolute Gasteiger partial charge is 0.273 e. The maximum Gasteiger partial charge on any atom is 0.273 e. The first-order valence-electron chi connectivity index (χ1n) is 9.07. The Balaban J connectivity index is 1.63. The maximum atomic E-state index is 12.5. The number of hydrogen-bond donors (Lipinski definition) is 1. The third kappa shape index (κ3) is 4.24. The van der Waals surface area contributed by atoms with Crippen molar-refractivity contribution in [1.82, 2.24) is 25.2 Å². The number of hydrogen-bond acceptors (Lipinski definition) is 4. The maximum absolute atomic E-state index is 12.5.